The molecule has 1 heterocycles. The van der Waals surface area contributed by atoms with Gasteiger partial charge in [0.25, 0.3) is 0 Å². The Labute approximate surface area is 158 Å². The molecule has 4 nitrogen and oxygen atoms in total. The molecule has 1 aliphatic rings. The minimum absolute atomic E-state index is 0.0505. The molecular weight excluding hydrogens is 361 g/mol. The van der Waals surface area contributed by atoms with Crippen molar-refractivity contribution in [3.8, 4) is 0 Å². The van der Waals surface area contributed by atoms with Crippen molar-refractivity contribution in [2.45, 2.75) is 39.2 Å². The number of benzene rings is 1. The number of carbonyl (C=O) groups excluding carboxylic acids is 2. The van der Waals surface area contributed by atoms with Crippen molar-refractivity contribution < 1.29 is 14.3 Å². The highest BCUT2D eigenvalue weighted by atomic mass is 35.5. The van der Waals surface area contributed by atoms with Crippen molar-refractivity contribution in [3.63, 3.8) is 0 Å². The average Bonchev–Trinajstić information content (AvgIpc) is 2.91. The van der Waals surface area contributed by atoms with E-state index >= 15 is 0 Å². The Morgan fingerprint density at radius 3 is 2.60 bits per heavy atom. The minimum Gasteiger partial charge on any atom is -0.463 e. The lowest BCUT2D eigenvalue weighted by Gasteiger charge is -2.33. The number of hydrogen-bond donors (Lipinski definition) is 0. The van der Waals surface area contributed by atoms with Crippen molar-refractivity contribution >= 4 is 35.1 Å². The number of nitrogens with zero attached hydrogens (tertiary/aromatic N) is 1. The van der Waals surface area contributed by atoms with Crippen LogP contribution in [0.3, 0.4) is 0 Å². The summed E-state index contributed by atoms with van der Waals surface area (Å²) in [5, 5.41) is 1.17. The lowest BCUT2D eigenvalue weighted by atomic mass is 9.97. The predicted molar refractivity (Wildman–Crippen MR) is 99.8 cm³/mol. The van der Waals surface area contributed by atoms with Crippen LogP contribution in [0.15, 0.2) is 30.4 Å². The molecule has 0 aliphatic carbocycles. The zero-order chi connectivity index (χ0) is 18.6. The molecule has 1 aromatic rings. The molecular formula is C19H23Cl2NO3. The molecule has 0 bridgehead atoms. The number of carbonyl (C=O) groups is 2. The van der Waals surface area contributed by atoms with E-state index in [9.17, 15) is 9.59 Å². The second-order valence-corrected chi connectivity index (χ2v) is 7.43. The third-order valence-electron chi connectivity index (χ3n) is 4.44. The third kappa shape index (κ3) is 4.77. The first-order valence-corrected chi connectivity index (χ1v) is 9.12. The Balaban J connectivity index is 2.09. The van der Waals surface area contributed by atoms with E-state index in [-0.39, 0.29) is 11.8 Å². The highest BCUT2D eigenvalue weighted by Crippen LogP contribution is 2.33. The lowest BCUT2D eigenvalue weighted by Crippen LogP contribution is -2.44. The highest BCUT2D eigenvalue weighted by molar-refractivity contribution is 6.36. The first kappa shape index (κ1) is 19.8. The zero-order valence-electron chi connectivity index (χ0n) is 14.7. The van der Waals surface area contributed by atoms with Crippen LogP contribution in [-0.2, 0) is 20.7 Å². The summed E-state index contributed by atoms with van der Waals surface area (Å²) in [5.41, 5.74) is 0.244. The number of esters is 1. The summed E-state index contributed by atoms with van der Waals surface area (Å²) in [4.78, 5) is 26.2. The fourth-order valence-electron chi connectivity index (χ4n) is 3.03. The van der Waals surface area contributed by atoms with Gasteiger partial charge in [0.2, 0.25) is 5.91 Å². The normalized spacial score (nSPS) is 18.2. The van der Waals surface area contributed by atoms with Gasteiger partial charge in [0.1, 0.15) is 0 Å². The van der Waals surface area contributed by atoms with Crippen molar-refractivity contribution in [2.75, 3.05) is 13.2 Å². The quantitative estimate of drug-likeness (QED) is 0.543. The summed E-state index contributed by atoms with van der Waals surface area (Å²) >= 11 is 12.4. The van der Waals surface area contributed by atoms with Gasteiger partial charge >= 0.3 is 5.97 Å². The molecule has 136 valence electrons. The Hall–Kier alpha value is -1.52. The molecule has 1 fully saturated rings. The van der Waals surface area contributed by atoms with Gasteiger partial charge in [-0.3, -0.25) is 4.79 Å². The van der Waals surface area contributed by atoms with E-state index in [4.69, 9.17) is 27.9 Å². The van der Waals surface area contributed by atoms with Gasteiger partial charge < -0.3 is 9.64 Å². The van der Waals surface area contributed by atoms with Gasteiger partial charge in [0.15, 0.2) is 0 Å². The van der Waals surface area contributed by atoms with Gasteiger partial charge in [-0.05, 0) is 51.3 Å². The Morgan fingerprint density at radius 1 is 1.36 bits per heavy atom. The van der Waals surface area contributed by atoms with Gasteiger partial charge in [-0.25, -0.2) is 4.79 Å². The predicted octanol–water partition coefficient (Wildman–Crippen LogP) is 4.28. The van der Waals surface area contributed by atoms with Crippen LogP contribution in [0.5, 0.6) is 0 Å². The van der Waals surface area contributed by atoms with Crippen molar-refractivity contribution in [3.05, 3.63) is 46.0 Å². The van der Waals surface area contributed by atoms with Gasteiger partial charge in [-0.2, -0.15) is 0 Å². The van der Waals surface area contributed by atoms with Crippen LogP contribution in [0.25, 0.3) is 0 Å². The van der Waals surface area contributed by atoms with Crippen LogP contribution in [0.4, 0.5) is 0 Å². The molecule has 0 saturated carbocycles. The molecule has 2 rings (SSSR count). The Kier molecular flexibility index (Phi) is 6.53. The number of amides is 1. The smallest absolute Gasteiger partial charge is 0.330 e. The van der Waals surface area contributed by atoms with E-state index in [1.54, 1.807) is 36.1 Å². The molecule has 0 spiro atoms. The van der Waals surface area contributed by atoms with Crippen molar-refractivity contribution in [1.29, 1.82) is 0 Å². The molecule has 1 amide bonds. The number of ether oxygens (including phenoxy) is 1. The number of rotatable bonds is 6. The molecule has 25 heavy (non-hydrogen) atoms. The molecule has 1 saturated heterocycles. The molecule has 0 radical (unpaired) electrons. The van der Waals surface area contributed by atoms with Gasteiger partial charge in [-0.1, -0.05) is 35.3 Å². The van der Waals surface area contributed by atoms with Crippen LogP contribution < -0.4 is 0 Å². The van der Waals surface area contributed by atoms with E-state index in [1.165, 1.54) is 6.08 Å². The summed E-state index contributed by atoms with van der Waals surface area (Å²) < 4.78 is 4.89. The molecule has 1 aliphatic heterocycles. The van der Waals surface area contributed by atoms with Crippen LogP contribution >= 0.6 is 23.2 Å². The largest absolute Gasteiger partial charge is 0.463 e. The van der Waals surface area contributed by atoms with E-state index in [0.717, 1.165) is 12.0 Å². The van der Waals surface area contributed by atoms with Gasteiger partial charge in [-0.15, -0.1) is 0 Å². The molecule has 1 unspecified atom stereocenters. The van der Waals surface area contributed by atoms with Crippen molar-refractivity contribution in [2.24, 2.45) is 5.92 Å². The van der Waals surface area contributed by atoms with E-state index in [2.05, 4.69) is 0 Å². The van der Waals surface area contributed by atoms with Crippen LogP contribution in [0.2, 0.25) is 10.0 Å². The topological polar surface area (TPSA) is 46.6 Å². The SMILES string of the molecule is CCOC(=O)/C=C/C(C)(C)N1CCC(Cc2c(Cl)cccc2Cl)C1=O. The second-order valence-electron chi connectivity index (χ2n) is 6.62. The van der Waals surface area contributed by atoms with Crippen LogP contribution in [0, 0.1) is 5.92 Å². The highest BCUT2D eigenvalue weighted by Gasteiger charge is 2.39. The van der Waals surface area contributed by atoms with E-state index < -0.39 is 11.5 Å². The van der Waals surface area contributed by atoms with E-state index in [1.807, 2.05) is 13.8 Å². The van der Waals surface area contributed by atoms with Crippen LogP contribution in [-0.4, -0.2) is 35.5 Å². The number of likely N-dealkylation sites (tertiary alicyclic amines) is 1. The summed E-state index contributed by atoms with van der Waals surface area (Å²) in [6, 6.07) is 5.36. The average molecular weight is 384 g/mol. The maximum atomic E-state index is 12.8. The minimum atomic E-state index is -0.567. The van der Waals surface area contributed by atoms with Crippen LogP contribution in [0.1, 0.15) is 32.8 Å². The Bertz CT molecular complexity index is 665. The van der Waals surface area contributed by atoms with Gasteiger partial charge in [0.05, 0.1) is 12.1 Å². The summed E-state index contributed by atoms with van der Waals surface area (Å²) in [7, 11) is 0. The monoisotopic (exact) mass is 383 g/mol. The summed E-state index contributed by atoms with van der Waals surface area (Å²) in [6.07, 6.45) is 4.35. The fraction of sp³-hybridized carbons (Fsp3) is 0.474. The Morgan fingerprint density at radius 2 is 2.00 bits per heavy atom. The number of halogens is 2. The maximum absolute atomic E-state index is 12.8. The molecule has 6 heteroatoms. The summed E-state index contributed by atoms with van der Waals surface area (Å²) in [5.74, 6) is -0.510. The zero-order valence-corrected chi connectivity index (χ0v) is 16.2. The maximum Gasteiger partial charge on any atom is 0.330 e. The van der Waals surface area contributed by atoms with Gasteiger partial charge in [0, 0.05) is 28.6 Å². The molecule has 1 atom stereocenters. The third-order valence-corrected chi connectivity index (χ3v) is 5.15. The first-order chi connectivity index (χ1) is 11.8. The molecule has 0 N–H and O–H groups in total. The lowest BCUT2D eigenvalue weighted by molar-refractivity contribution is -0.138. The molecule has 1 aromatic carbocycles. The van der Waals surface area contributed by atoms with E-state index in [0.29, 0.717) is 29.6 Å². The molecule has 0 aromatic heterocycles. The first-order valence-electron chi connectivity index (χ1n) is 8.36. The summed E-state index contributed by atoms with van der Waals surface area (Å²) in [6.45, 7) is 6.53. The standard InChI is InChI=1S/C19H23Cl2NO3/c1-4-25-17(23)8-10-19(2,3)22-11-9-13(18(22)24)12-14-15(20)6-5-7-16(14)21/h5-8,10,13H,4,9,11-12H2,1-3H3/b10-8+. The number of hydrogen-bond acceptors (Lipinski definition) is 3. The fourth-order valence-corrected chi connectivity index (χ4v) is 3.58. The second kappa shape index (κ2) is 8.24. The van der Waals surface area contributed by atoms with Crippen molar-refractivity contribution in [1.82, 2.24) is 4.90 Å².